The van der Waals surface area contributed by atoms with E-state index in [9.17, 15) is 4.79 Å². The van der Waals surface area contributed by atoms with E-state index >= 15 is 0 Å². The molecule has 0 unspecified atom stereocenters. The molecule has 1 aromatic heterocycles. The smallest absolute Gasteiger partial charge is 0.279 e. The van der Waals surface area contributed by atoms with Gasteiger partial charge in [0.1, 0.15) is 11.5 Å². The van der Waals surface area contributed by atoms with Gasteiger partial charge >= 0.3 is 0 Å². The largest absolute Gasteiger partial charge is 0.391 e. The van der Waals surface area contributed by atoms with Crippen LogP contribution < -0.4 is 17.0 Å². The lowest BCUT2D eigenvalue weighted by Crippen LogP contribution is -2.26. The van der Waals surface area contributed by atoms with Gasteiger partial charge in [0.2, 0.25) is 0 Å². The minimum Gasteiger partial charge on any atom is -0.391 e. The van der Waals surface area contributed by atoms with Crippen LogP contribution in [-0.2, 0) is 14.1 Å². The van der Waals surface area contributed by atoms with Gasteiger partial charge in [-0.05, 0) is 12.2 Å². The zero-order valence-electron chi connectivity index (χ0n) is 6.87. The maximum absolute atomic E-state index is 11.2. The van der Waals surface area contributed by atoms with Gasteiger partial charge in [-0.2, -0.15) is 0 Å². The summed E-state index contributed by atoms with van der Waals surface area (Å²) < 4.78 is 3.12. The molecule has 0 aliphatic rings. The van der Waals surface area contributed by atoms with Crippen molar-refractivity contribution >= 4 is 23.7 Å². The molecule has 6 heteroatoms. The molecule has 0 atom stereocenters. The third-order valence-corrected chi connectivity index (χ3v) is 2.29. The summed E-state index contributed by atoms with van der Waals surface area (Å²) in [6, 6.07) is 0. The van der Waals surface area contributed by atoms with E-state index in [0.717, 1.165) is 0 Å². The van der Waals surface area contributed by atoms with Gasteiger partial charge in [0, 0.05) is 14.1 Å². The zero-order valence-corrected chi connectivity index (χ0v) is 7.68. The highest BCUT2D eigenvalue weighted by Crippen LogP contribution is 2.06. The molecule has 1 heterocycles. The van der Waals surface area contributed by atoms with Crippen LogP contribution in [0.2, 0.25) is 0 Å². The van der Waals surface area contributed by atoms with Crippen molar-refractivity contribution < 1.29 is 0 Å². The SMILES string of the molecule is Cn1c(N)c(N)c(=O)n(C)c1=S. The van der Waals surface area contributed by atoms with Crippen LogP contribution in [0.4, 0.5) is 11.5 Å². The summed E-state index contributed by atoms with van der Waals surface area (Å²) in [6.07, 6.45) is 0. The van der Waals surface area contributed by atoms with E-state index in [-0.39, 0.29) is 17.1 Å². The third kappa shape index (κ3) is 1.00. The second-order valence-corrected chi connectivity index (χ2v) is 2.87. The molecule has 12 heavy (non-hydrogen) atoms. The fourth-order valence-electron chi connectivity index (χ4n) is 0.886. The molecule has 0 fully saturated rings. The molecule has 1 aromatic rings. The number of nitrogens with zero attached hydrogens (tertiary/aromatic N) is 2. The highest BCUT2D eigenvalue weighted by atomic mass is 32.1. The number of aromatic nitrogens is 2. The van der Waals surface area contributed by atoms with Gasteiger partial charge in [0.15, 0.2) is 4.77 Å². The number of rotatable bonds is 0. The van der Waals surface area contributed by atoms with Crippen molar-refractivity contribution in [2.24, 2.45) is 14.1 Å². The van der Waals surface area contributed by atoms with Gasteiger partial charge in [0.05, 0.1) is 0 Å². The van der Waals surface area contributed by atoms with Crippen molar-refractivity contribution in [1.29, 1.82) is 0 Å². The van der Waals surface area contributed by atoms with Gasteiger partial charge in [-0.3, -0.25) is 9.36 Å². The Kier molecular flexibility index (Phi) is 1.93. The van der Waals surface area contributed by atoms with E-state index in [4.69, 9.17) is 23.7 Å². The Balaban J connectivity index is 3.86. The second kappa shape index (κ2) is 2.63. The standard InChI is InChI=1S/C6H10N4OS/c1-9-4(8)3(7)5(11)10(2)6(9)12/h7-8H2,1-2H3. The van der Waals surface area contributed by atoms with Crippen LogP contribution in [0.15, 0.2) is 4.79 Å². The maximum Gasteiger partial charge on any atom is 0.279 e. The van der Waals surface area contributed by atoms with Crippen molar-refractivity contribution in [3.8, 4) is 0 Å². The number of hydrogen-bond donors (Lipinski definition) is 2. The van der Waals surface area contributed by atoms with Gasteiger partial charge in [-0.25, -0.2) is 0 Å². The van der Waals surface area contributed by atoms with Crippen molar-refractivity contribution in [2.75, 3.05) is 11.5 Å². The molecular weight excluding hydrogens is 176 g/mol. The number of nitrogens with two attached hydrogens (primary N) is 2. The van der Waals surface area contributed by atoms with E-state index in [1.165, 1.54) is 9.13 Å². The average molecular weight is 186 g/mol. The summed E-state index contributed by atoms with van der Waals surface area (Å²) in [6.45, 7) is 0. The Morgan fingerprint density at radius 3 is 2.25 bits per heavy atom. The molecular formula is C6H10N4OS. The highest BCUT2D eigenvalue weighted by Gasteiger charge is 2.06. The first-order valence-corrected chi connectivity index (χ1v) is 3.68. The summed E-state index contributed by atoms with van der Waals surface area (Å²) in [5.74, 6) is 0.211. The predicted octanol–water partition coefficient (Wildman–Crippen LogP) is -0.382. The molecule has 0 spiro atoms. The molecule has 0 amide bonds. The lowest BCUT2D eigenvalue weighted by Gasteiger charge is -2.09. The van der Waals surface area contributed by atoms with Crippen LogP contribution in [0.3, 0.4) is 0 Å². The number of hydrogen-bond acceptors (Lipinski definition) is 4. The minimum atomic E-state index is -0.351. The summed E-state index contributed by atoms with van der Waals surface area (Å²) in [5, 5.41) is 0. The quantitative estimate of drug-likeness (QED) is 0.541. The third-order valence-electron chi connectivity index (χ3n) is 1.75. The topological polar surface area (TPSA) is 79.0 Å². The fourth-order valence-corrected chi connectivity index (χ4v) is 1.07. The van der Waals surface area contributed by atoms with E-state index in [1.807, 2.05) is 0 Å². The maximum atomic E-state index is 11.2. The van der Waals surface area contributed by atoms with Gasteiger partial charge < -0.3 is 16.0 Å². The normalized spacial score (nSPS) is 10.2. The number of nitrogen functional groups attached to an aromatic ring is 2. The van der Waals surface area contributed by atoms with Crippen molar-refractivity contribution in [3.63, 3.8) is 0 Å². The Bertz CT molecular complexity index is 393. The lowest BCUT2D eigenvalue weighted by atomic mass is 10.5. The van der Waals surface area contributed by atoms with Crippen LogP contribution in [0.5, 0.6) is 0 Å². The molecule has 0 saturated carbocycles. The van der Waals surface area contributed by atoms with Crippen LogP contribution in [0, 0.1) is 4.77 Å². The Morgan fingerprint density at radius 1 is 1.25 bits per heavy atom. The molecule has 1 rings (SSSR count). The Morgan fingerprint density at radius 2 is 1.75 bits per heavy atom. The van der Waals surface area contributed by atoms with Crippen molar-refractivity contribution in [2.45, 2.75) is 0 Å². The second-order valence-electron chi connectivity index (χ2n) is 2.50. The van der Waals surface area contributed by atoms with Crippen LogP contribution >= 0.6 is 12.2 Å². The first kappa shape index (κ1) is 8.79. The molecule has 4 N–H and O–H groups in total. The average Bonchev–Trinajstić information content (AvgIpc) is 2.08. The van der Waals surface area contributed by atoms with Gasteiger partial charge in [-0.1, -0.05) is 0 Å². The summed E-state index contributed by atoms with van der Waals surface area (Å²) in [7, 11) is 3.22. The van der Waals surface area contributed by atoms with Crippen LogP contribution in [0.1, 0.15) is 0 Å². The lowest BCUT2D eigenvalue weighted by molar-refractivity contribution is 0.730. The molecule has 5 nitrogen and oxygen atoms in total. The summed E-state index contributed by atoms with van der Waals surface area (Å²) >= 11 is 4.92. The van der Waals surface area contributed by atoms with Crippen LogP contribution in [-0.4, -0.2) is 9.13 Å². The Hall–Kier alpha value is -1.30. The number of anilines is 2. The van der Waals surface area contributed by atoms with Gasteiger partial charge in [-0.15, -0.1) is 0 Å². The molecule has 0 bridgehead atoms. The highest BCUT2D eigenvalue weighted by molar-refractivity contribution is 7.71. The minimum absolute atomic E-state index is 0.0357. The fraction of sp³-hybridized carbons (Fsp3) is 0.333. The molecule has 0 aliphatic heterocycles. The van der Waals surface area contributed by atoms with Crippen LogP contribution in [0.25, 0.3) is 0 Å². The zero-order chi connectivity index (χ0) is 9.46. The van der Waals surface area contributed by atoms with Crippen molar-refractivity contribution in [1.82, 2.24) is 9.13 Å². The van der Waals surface area contributed by atoms with E-state index in [1.54, 1.807) is 14.1 Å². The Labute approximate surface area is 74.2 Å². The first-order chi connectivity index (χ1) is 5.46. The van der Waals surface area contributed by atoms with E-state index in [0.29, 0.717) is 4.77 Å². The molecule has 0 aromatic carbocycles. The summed E-state index contributed by atoms with van der Waals surface area (Å²) in [5.41, 5.74) is 10.6. The summed E-state index contributed by atoms with van der Waals surface area (Å²) in [4.78, 5) is 11.2. The van der Waals surface area contributed by atoms with Gasteiger partial charge in [0.25, 0.3) is 5.56 Å². The van der Waals surface area contributed by atoms with E-state index in [2.05, 4.69) is 0 Å². The molecule has 66 valence electrons. The molecule has 0 radical (unpaired) electrons. The molecule has 0 aliphatic carbocycles. The molecule has 0 saturated heterocycles. The van der Waals surface area contributed by atoms with E-state index < -0.39 is 0 Å². The monoisotopic (exact) mass is 186 g/mol. The predicted molar refractivity (Wildman–Crippen MR) is 50.3 cm³/mol. The first-order valence-electron chi connectivity index (χ1n) is 3.27. The van der Waals surface area contributed by atoms with Crippen molar-refractivity contribution in [3.05, 3.63) is 15.1 Å².